The van der Waals surface area contributed by atoms with Crippen molar-refractivity contribution in [2.45, 2.75) is 24.6 Å². The molecule has 16 heavy (non-hydrogen) atoms. The van der Waals surface area contributed by atoms with Crippen LogP contribution in [0.25, 0.3) is 0 Å². The Morgan fingerprint density at radius 2 is 2.38 bits per heavy atom. The number of pyridine rings is 1. The largest absolute Gasteiger partial charge is 0.326 e. The number of nitrogens with two attached hydrogens (primary N) is 1. The van der Waals surface area contributed by atoms with Crippen LogP contribution in [0.2, 0.25) is 0 Å². The predicted molar refractivity (Wildman–Crippen MR) is 66.6 cm³/mol. The number of amides is 1. The standard InChI is InChI=1S/C11H15N3OS/c1-7(16)9-3-2-4-10(13-9)14-6-8(12)5-11(14)15/h2-4,7-8,16H,5-6,12H2,1H3. The molecule has 4 nitrogen and oxygen atoms in total. The Bertz CT molecular complexity index is 408. The van der Waals surface area contributed by atoms with Gasteiger partial charge in [0.25, 0.3) is 0 Å². The van der Waals surface area contributed by atoms with E-state index in [1.807, 2.05) is 25.1 Å². The summed E-state index contributed by atoms with van der Waals surface area (Å²) >= 11 is 4.33. The second kappa shape index (κ2) is 4.43. The number of rotatable bonds is 2. The zero-order valence-electron chi connectivity index (χ0n) is 9.13. The topological polar surface area (TPSA) is 59.2 Å². The smallest absolute Gasteiger partial charge is 0.229 e. The summed E-state index contributed by atoms with van der Waals surface area (Å²) in [6, 6.07) is 5.55. The minimum absolute atomic E-state index is 0.0453. The molecular formula is C11H15N3OS. The summed E-state index contributed by atoms with van der Waals surface area (Å²) in [4.78, 5) is 17.7. The third-order valence-corrected chi connectivity index (χ3v) is 2.88. The minimum Gasteiger partial charge on any atom is -0.326 e. The van der Waals surface area contributed by atoms with Gasteiger partial charge in [-0.3, -0.25) is 9.69 Å². The Morgan fingerprint density at radius 1 is 1.62 bits per heavy atom. The summed E-state index contributed by atoms with van der Waals surface area (Å²) in [5.74, 6) is 0.723. The van der Waals surface area contributed by atoms with Gasteiger partial charge in [0, 0.05) is 24.3 Å². The van der Waals surface area contributed by atoms with E-state index in [0.717, 1.165) is 5.69 Å². The number of aromatic nitrogens is 1. The van der Waals surface area contributed by atoms with Gasteiger partial charge in [-0.2, -0.15) is 12.6 Å². The SMILES string of the molecule is CC(S)c1cccc(N2CC(N)CC2=O)n1. The molecule has 0 saturated carbocycles. The molecule has 2 atom stereocenters. The van der Waals surface area contributed by atoms with Gasteiger partial charge in [-0.05, 0) is 19.1 Å². The molecule has 2 unspecified atom stereocenters. The highest BCUT2D eigenvalue weighted by atomic mass is 32.1. The molecule has 1 amide bonds. The van der Waals surface area contributed by atoms with Crippen LogP contribution in [-0.2, 0) is 4.79 Å². The molecule has 2 N–H and O–H groups in total. The zero-order chi connectivity index (χ0) is 11.7. The normalized spacial score (nSPS) is 22.6. The molecule has 0 bridgehead atoms. The van der Waals surface area contributed by atoms with Crippen molar-refractivity contribution in [3.8, 4) is 0 Å². The van der Waals surface area contributed by atoms with Crippen LogP contribution < -0.4 is 10.6 Å². The molecule has 86 valence electrons. The van der Waals surface area contributed by atoms with Gasteiger partial charge in [0.15, 0.2) is 0 Å². The van der Waals surface area contributed by atoms with Crippen molar-refractivity contribution in [1.82, 2.24) is 4.98 Å². The molecular weight excluding hydrogens is 222 g/mol. The molecule has 1 aromatic rings. The first-order valence-electron chi connectivity index (χ1n) is 5.29. The molecule has 0 spiro atoms. The average molecular weight is 237 g/mol. The van der Waals surface area contributed by atoms with Crippen LogP contribution in [0.5, 0.6) is 0 Å². The number of carbonyl (C=O) groups is 1. The summed E-state index contributed by atoms with van der Waals surface area (Å²) in [5.41, 5.74) is 6.61. The molecule has 2 heterocycles. The molecule has 0 aliphatic carbocycles. The van der Waals surface area contributed by atoms with Gasteiger partial charge in [0.05, 0.1) is 5.69 Å². The van der Waals surface area contributed by atoms with Crippen LogP contribution in [0.15, 0.2) is 18.2 Å². The van der Waals surface area contributed by atoms with Gasteiger partial charge in [-0.1, -0.05) is 6.07 Å². The number of nitrogens with zero attached hydrogens (tertiary/aromatic N) is 2. The first-order valence-corrected chi connectivity index (χ1v) is 5.80. The fraction of sp³-hybridized carbons (Fsp3) is 0.455. The van der Waals surface area contributed by atoms with Gasteiger partial charge >= 0.3 is 0 Å². The van der Waals surface area contributed by atoms with Crippen LogP contribution in [-0.4, -0.2) is 23.5 Å². The highest BCUT2D eigenvalue weighted by molar-refractivity contribution is 7.80. The number of thiol groups is 1. The van der Waals surface area contributed by atoms with Crippen molar-refractivity contribution in [1.29, 1.82) is 0 Å². The monoisotopic (exact) mass is 237 g/mol. The van der Waals surface area contributed by atoms with E-state index in [1.54, 1.807) is 4.90 Å². The Balaban J connectivity index is 2.27. The summed E-state index contributed by atoms with van der Waals surface area (Å²) < 4.78 is 0. The maximum Gasteiger partial charge on any atom is 0.229 e. The molecule has 1 aliphatic heterocycles. The fourth-order valence-corrected chi connectivity index (χ4v) is 1.92. The van der Waals surface area contributed by atoms with E-state index in [2.05, 4.69) is 17.6 Å². The molecule has 2 rings (SSSR count). The third kappa shape index (κ3) is 2.20. The number of hydrogen-bond acceptors (Lipinski definition) is 4. The predicted octanol–water partition coefficient (Wildman–Crippen LogP) is 1.14. The molecule has 5 heteroatoms. The lowest BCUT2D eigenvalue weighted by Crippen LogP contribution is -2.28. The quantitative estimate of drug-likeness (QED) is 0.758. The Labute approximate surface area is 100 Å². The summed E-state index contributed by atoms with van der Waals surface area (Å²) in [5, 5.41) is 0.0614. The fourth-order valence-electron chi connectivity index (χ4n) is 1.78. The Hall–Kier alpha value is -1.07. The summed E-state index contributed by atoms with van der Waals surface area (Å²) in [6.45, 7) is 2.50. The molecule has 0 aromatic carbocycles. The van der Waals surface area contributed by atoms with Crippen molar-refractivity contribution in [3.63, 3.8) is 0 Å². The Kier molecular flexibility index (Phi) is 3.16. The van der Waals surface area contributed by atoms with Crippen LogP contribution in [0.1, 0.15) is 24.3 Å². The highest BCUT2D eigenvalue weighted by Gasteiger charge is 2.28. The first kappa shape index (κ1) is 11.4. The van der Waals surface area contributed by atoms with E-state index in [0.29, 0.717) is 18.8 Å². The minimum atomic E-state index is -0.0774. The molecule has 1 saturated heterocycles. The van der Waals surface area contributed by atoms with Crippen LogP contribution >= 0.6 is 12.6 Å². The van der Waals surface area contributed by atoms with Crippen LogP contribution in [0.3, 0.4) is 0 Å². The number of anilines is 1. The van der Waals surface area contributed by atoms with E-state index in [4.69, 9.17) is 5.73 Å². The molecule has 1 fully saturated rings. The third-order valence-electron chi connectivity index (χ3n) is 2.62. The van der Waals surface area contributed by atoms with Crippen molar-refractivity contribution in [2.24, 2.45) is 5.73 Å². The van der Waals surface area contributed by atoms with Gasteiger partial charge in [-0.15, -0.1) is 0 Å². The average Bonchev–Trinajstić information content (AvgIpc) is 2.58. The second-order valence-electron chi connectivity index (χ2n) is 4.07. The number of hydrogen-bond donors (Lipinski definition) is 2. The van der Waals surface area contributed by atoms with E-state index < -0.39 is 0 Å². The van der Waals surface area contributed by atoms with E-state index >= 15 is 0 Å². The lowest BCUT2D eigenvalue weighted by Gasteiger charge is -2.16. The van der Waals surface area contributed by atoms with Crippen molar-refractivity contribution < 1.29 is 4.79 Å². The van der Waals surface area contributed by atoms with Crippen LogP contribution in [0.4, 0.5) is 5.82 Å². The van der Waals surface area contributed by atoms with E-state index in [1.165, 1.54) is 0 Å². The van der Waals surface area contributed by atoms with E-state index in [-0.39, 0.29) is 17.2 Å². The first-order chi connectivity index (χ1) is 7.58. The lowest BCUT2D eigenvalue weighted by molar-refractivity contribution is -0.117. The van der Waals surface area contributed by atoms with Crippen LogP contribution in [0, 0.1) is 0 Å². The van der Waals surface area contributed by atoms with Gasteiger partial charge in [0.2, 0.25) is 5.91 Å². The maximum atomic E-state index is 11.7. The zero-order valence-corrected chi connectivity index (χ0v) is 10.0. The number of carbonyl (C=O) groups excluding carboxylic acids is 1. The van der Waals surface area contributed by atoms with Gasteiger partial charge in [-0.25, -0.2) is 4.98 Å². The second-order valence-corrected chi connectivity index (χ2v) is 4.84. The van der Waals surface area contributed by atoms with Crippen molar-refractivity contribution in [3.05, 3.63) is 23.9 Å². The lowest BCUT2D eigenvalue weighted by atomic mass is 10.3. The van der Waals surface area contributed by atoms with Gasteiger partial charge < -0.3 is 5.73 Å². The van der Waals surface area contributed by atoms with E-state index in [9.17, 15) is 4.79 Å². The summed E-state index contributed by atoms with van der Waals surface area (Å²) in [6.07, 6.45) is 0.405. The maximum absolute atomic E-state index is 11.7. The molecule has 1 aliphatic rings. The Morgan fingerprint density at radius 3 is 2.94 bits per heavy atom. The molecule has 1 aromatic heterocycles. The highest BCUT2D eigenvalue weighted by Crippen LogP contribution is 2.22. The molecule has 0 radical (unpaired) electrons. The van der Waals surface area contributed by atoms with Crippen molar-refractivity contribution >= 4 is 24.4 Å². The van der Waals surface area contributed by atoms with Crippen molar-refractivity contribution in [2.75, 3.05) is 11.4 Å². The summed E-state index contributed by atoms with van der Waals surface area (Å²) in [7, 11) is 0. The van der Waals surface area contributed by atoms with Gasteiger partial charge in [0.1, 0.15) is 5.82 Å².